The molecule has 0 radical (unpaired) electrons. The highest BCUT2D eigenvalue weighted by atomic mass is 35.5. The summed E-state index contributed by atoms with van der Waals surface area (Å²) in [6.45, 7) is 3.49. The number of alkyl halides is 1. The molecule has 0 amide bonds. The van der Waals surface area contributed by atoms with Gasteiger partial charge in [-0.15, -0.1) is 11.6 Å². The summed E-state index contributed by atoms with van der Waals surface area (Å²) >= 11 is 5.58. The minimum absolute atomic E-state index is 0.330. The van der Waals surface area contributed by atoms with Crippen LogP contribution in [-0.2, 0) is 5.88 Å². The van der Waals surface area contributed by atoms with E-state index in [1.807, 2.05) is 6.07 Å². The van der Waals surface area contributed by atoms with Crippen molar-refractivity contribution in [1.82, 2.24) is 4.98 Å². The third-order valence-corrected chi connectivity index (χ3v) is 1.77. The molecule has 1 aromatic heterocycles. The van der Waals surface area contributed by atoms with Gasteiger partial charge in [-0.3, -0.25) is 10.4 Å². The normalized spacial score (nSPS) is 9.42. The molecule has 0 spiro atoms. The van der Waals surface area contributed by atoms with Gasteiger partial charge in [-0.2, -0.15) is 0 Å². The van der Waals surface area contributed by atoms with E-state index >= 15 is 0 Å². The standard InChI is InChI=1S/C9H9ClN2/c1-2-8(11)9-4-3-7(5-10)6-12-9/h2-4,6,11H,1,5H2. The topological polar surface area (TPSA) is 36.7 Å². The Morgan fingerprint density at radius 2 is 2.42 bits per heavy atom. The summed E-state index contributed by atoms with van der Waals surface area (Å²) in [4.78, 5) is 4.04. The molecular weight excluding hydrogens is 172 g/mol. The molecule has 0 saturated heterocycles. The van der Waals surface area contributed by atoms with Gasteiger partial charge in [0.1, 0.15) is 0 Å². The Hall–Kier alpha value is -1.15. The lowest BCUT2D eigenvalue weighted by Gasteiger charge is -1.98. The maximum Gasteiger partial charge on any atom is 0.0878 e. The molecule has 1 N–H and O–H groups in total. The van der Waals surface area contributed by atoms with Gasteiger partial charge in [-0.1, -0.05) is 12.6 Å². The van der Waals surface area contributed by atoms with E-state index < -0.39 is 0 Å². The average molecular weight is 181 g/mol. The predicted molar refractivity (Wildman–Crippen MR) is 50.8 cm³/mol. The Kier molecular flexibility index (Phi) is 3.00. The molecule has 3 heteroatoms. The maximum atomic E-state index is 7.39. The van der Waals surface area contributed by atoms with E-state index in [9.17, 15) is 0 Å². The van der Waals surface area contributed by atoms with Crippen LogP contribution in [0.4, 0.5) is 0 Å². The van der Waals surface area contributed by atoms with E-state index in [4.69, 9.17) is 17.0 Å². The summed E-state index contributed by atoms with van der Waals surface area (Å²) in [5.74, 6) is 0.453. The fraction of sp³-hybridized carbons (Fsp3) is 0.111. The zero-order valence-electron chi connectivity index (χ0n) is 6.55. The maximum absolute atomic E-state index is 7.39. The van der Waals surface area contributed by atoms with E-state index in [-0.39, 0.29) is 0 Å². The molecule has 2 nitrogen and oxygen atoms in total. The summed E-state index contributed by atoms with van der Waals surface area (Å²) < 4.78 is 0. The smallest absolute Gasteiger partial charge is 0.0878 e. The van der Waals surface area contributed by atoms with Crippen molar-refractivity contribution in [2.24, 2.45) is 0 Å². The van der Waals surface area contributed by atoms with Crippen LogP contribution in [0.3, 0.4) is 0 Å². The van der Waals surface area contributed by atoms with Crippen molar-refractivity contribution in [2.75, 3.05) is 0 Å². The van der Waals surface area contributed by atoms with Crippen molar-refractivity contribution in [1.29, 1.82) is 5.41 Å². The summed E-state index contributed by atoms with van der Waals surface area (Å²) in [5.41, 5.74) is 1.91. The van der Waals surface area contributed by atoms with Crippen molar-refractivity contribution < 1.29 is 0 Å². The van der Waals surface area contributed by atoms with Crippen molar-refractivity contribution in [3.05, 3.63) is 42.2 Å². The first-order chi connectivity index (χ1) is 5.77. The molecule has 0 aromatic carbocycles. The fourth-order valence-electron chi connectivity index (χ4n) is 0.767. The number of allylic oxidation sites excluding steroid dienone is 1. The van der Waals surface area contributed by atoms with Gasteiger partial charge >= 0.3 is 0 Å². The lowest BCUT2D eigenvalue weighted by Crippen LogP contribution is -1.97. The zero-order valence-corrected chi connectivity index (χ0v) is 7.30. The Labute approximate surface area is 76.4 Å². The van der Waals surface area contributed by atoms with Gasteiger partial charge in [0.15, 0.2) is 0 Å². The van der Waals surface area contributed by atoms with Gasteiger partial charge in [-0.05, 0) is 17.7 Å². The molecule has 0 bridgehead atoms. The van der Waals surface area contributed by atoms with Crippen LogP contribution < -0.4 is 0 Å². The minimum atomic E-state index is 0.330. The molecule has 62 valence electrons. The van der Waals surface area contributed by atoms with Crippen molar-refractivity contribution in [3.63, 3.8) is 0 Å². The number of hydrogen-bond acceptors (Lipinski definition) is 2. The monoisotopic (exact) mass is 180 g/mol. The zero-order chi connectivity index (χ0) is 8.97. The number of pyridine rings is 1. The lowest BCUT2D eigenvalue weighted by molar-refractivity contribution is 1.22. The number of hydrogen-bond donors (Lipinski definition) is 1. The highest BCUT2D eigenvalue weighted by Crippen LogP contribution is 2.03. The second kappa shape index (κ2) is 4.02. The SMILES string of the molecule is C=CC(=N)c1ccc(CCl)cn1. The average Bonchev–Trinajstić information content (AvgIpc) is 2.17. The second-order valence-corrected chi connectivity index (χ2v) is 2.57. The molecule has 0 saturated carbocycles. The Bertz CT molecular complexity index is 290. The van der Waals surface area contributed by atoms with Gasteiger partial charge in [0, 0.05) is 12.1 Å². The third kappa shape index (κ3) is 1.92. The van der Waals surface area contributed by atoms with Crippen LogP contribution in [0.2, 0.25) is 0 Å². The van der Waals surface area contributed by atoms with Crippen LogP contribution in [-0.4, -0.2) is 10.7 Å². The van der Waals surface area contributed by atoms with E-state index in [2.05, 4.69) is 11.6 Å². The highest BCUT2D eigenvalue weighted by molar-refractivity contribution is 6.17. The van der Waals surface area contributed by atoms with Crippen molar-refractivity contribution in [2.45, 2.75) is 5.88 Å². The van der Waals surface area contributed by atoms with Gasteiger partial charge in [0.05, 0.1) is 11.4 Å². The van der Waals surface area contributed by atoms with Gasteiger partial charge < -0.3 is 0 Å². The van der Waals surface area contributed by atoms with Crippen molar-refractivity contribution in [3.8, 4) is 0 Å². The number of aromatic nitrogens is 1. The minimum Gasteiger partial charge on any atom is -0.299 e. The van der Waals surface area contributed by atoms with E-state index in [1.54, 1.807) is 12.3 Å². The predicted octanol–water partition coefficient (Wildman–Crippen LogP) is 2.37. The molecule has 0 aliphatic heterocycles. The summed E-state index contributed by atoms with van der Waals surface area (Å²) in [5, 5.41) is 7.39. The van der Waals surface area contributed by atoms with E-state index in [1.165, 1.54) is 6.08 Å². The first-order valence-electron chi connectivity index (χ1n) is 3.50. The Balaban J connectivity index is 2.91. The van der Waals surface area contributed by atoms with E-state index in [0.717, 1.165) is 5.56 Å². The van der Waals surface area contributed by atoms with Crippen LogP contribution in [0.1, 0.15) is 11.3 Å². The molecule has 12 heavy (non-hydrogen) atoms. The van der Waals surface area contributed by atoms with Gasteiger partial charge in [0.25, 0.3) is 0 Å². The summed E-state index contributed by atoms with van der Waals surface area (Å²) in [7, 11) is 0. The second-order valence-electron chi connectivity index (χ2n) is 2.30. The number of rotatable bonds is 3. The lowest BCUT2D eigenvalue weighted by atomic mass is 10.2. The van der Waals surface area contributed by atoms with Crippen LogP contribution in [0.5, 0.6) is 0 Å². The van der Waals surface area contributed by atoms with Crippen LogP contribution in [0.15, 0.2) is 31.0 Å². The number of nitrogens with one attached hydrogen (secondary N) is 1. The fourth-order valence-corrected chi connectivity index (χ4v) is 0.926. The first-order valence-corrected chi connectivity index (χ1v) is 4.03. The molecule has 1 heterocycles. The van der Waals surface area contributed by atoms with Crippen LogP contribution in [0, 0.1) is 5.41 Å². The molecule has 1 rings (SSSR count). The number of nitrogens with zero attached hydrogens (tertiary/aromatic N) is 1. The van der Waals surface area contributed by atoms with Gasteiger partial charge in [-0.25, -0.2) is 0 Å². The third-order valence-electron chi connectivity index (χ3n) is 1.46. The molecule has 0 aliphatic rings. The molecule has 0 aliphatic carbocycles. The Morgan fingerprint density at radius 3 is 2.83 bits per heavy atom. The largest absolute Gasteiger partial charge is 0.299 e. The van der Waals surface area contributed by atoms with Crippen LogP contribution in [0.25, 0.3) is 0 Å². The first kappa shape index (κ1) is 8.94. The highest BCUT2D eigenvalue weighted by Gasteiger charge is 1.97. The molecule has 0 atom stereocenters. The Morgan fingerprint density at radius 1 is 1.67 bits per heavy atom. The summed E-state index contributed by atoms with van der Waals surface area (Å²) in [6.07, 6.45) is 3.13. The number of halogens is 1. The van der Waals surface area contributed by atoms with Crippen LogP contribution >= 0.6 is 11.6 Å². The molecule has 0 unspecified atom stereocenters. The molecular formula is C9H9ClN2. The van der Waals surface area contributed by atoms with E-state index in [0.29, 0.717) is 17.3 Å². The quantitative estimate of drug-likeness (QED) is 0.563. The van der Waals surface area contributed by atoms with Gasteiger partial charge in [0.2, 0.25) is 0 Å². The molecule has 0 fully saturated rings. The molecule has 1 aromatic rings. The van der Waals surface area contributed by atoms with Crippen molar-refractivity contribution >= 4 is 17.3 Å². The summed E-state index contributed by atoms with van der Waals surface area (Å²) in [6, 6.07) is 3.62.